The molecule has 9 heteroatoms. The van der Waals surface area contributed by atoms with Crippen molar-refractivity contribution in [2.24, 2.45) is 0 Å². The molecule has 0 bridgehead atoms. The van der Waals surface area contributed by atoms with Gasteiger partial charge in [0, 0.05) is 17.4 Å². The summed E-state index contributed by atoms with van der Waals surface area (Å²) in [5, 5.41) is 0.310. The fraction of sp³-hybridized carbons (Fsp3) is 0.167. The average molecular weight is 415 g/mol. The molecule has 0 spiro atoms. The summed E-state index contributed by atoms with van der Waals surface area (Å²) in [5.74, 6) is -2.53. The van der Waals surface area contributed by atoms with Crippen molar-refractivity contribution >= 4 is 38.6 Å². The van der Waals surface area contributed by atoms with Crippen molar-refractivity contribution in [2.75, 3.05) is 20.0 Å². The molecule has 0 radical (unpaired) electrons. The maximum Gasteiger partial charge on any atom is 0.339 e. The van der Waals surface area contributed by atoms with Gasteiger partial charge >= 0.3 is 5.97 Å². The number of hydrogen-bond donors (Lipinski definition) is 0. The second-order valence-corrected chi connectivity index (χ2v) is 8.21. The van der Waals surface area contributed by atoms with Gasteiger partial charge in [0.05, 0.1) is 17.7 Å². The number of halogens is 3. The first kappa shape index (κ1) is 19.3. The molecule has 0 aliphatic carbocycles. The normalized spacial score (nSPS) is 14.5. The van der Waals surface area contributed by atoms with E-state index in [4.69, 9.17) is 21.1 Å². The number of esters is 1. The summed E-state index contributed by atoms with van der Waals surface area (Å²) in [6.07, 6.45) is 0.775. The highest BCUT2D eigenvalue weighted by atomic mass is 35.5. The monoisotopic (exact) mass is 414 g/mol. The number of hydrogen-bond acceptors (Lipinski definition) is 5. The van der Waals surface area contributed by atoms with Crippen LogP contribution < -0.4 is 4.74 Å². The minimum Gasteiger partial charge on any atom is -0.495 e. The fourth-order valence-corrected chi connectivity index (χ4v) is 3.69. The van der Waals surface area contributed by atoms with Crippen LogP contribution in [0.1, 0.15) is 11.1 Å². The Balaban J connectivity index is 2.23. The third-order valence-electron chi connectivity index (χ3n) is 4.04. The van der Waals surface area contributed by atoms with E-state index in [2.05, 4.69) is 0 Å². The van der Waals surface area contributed by atoms with Crippen LogP contribution in [0.4, 0.5) is 8.78 Å². The van der Waals surface area contributed by atoms with Gasteiger partial charge < -0.3 is 9.47 Å². The van der Waals surface area contributed by atoms with Crippen LogP contribution in [0, 0.1) is 11.6 Å². The Bertz CT molecular complexity index is 1090. The third-order valence-corrected chi connectivity index (χ3v) is 5.46. The number of rotatable bonds is 4. The van der Waals surface area contributed by atoms with Crippen molar-refractivity contribution in [3.8, 4) is 5.75 Å². The van der Waals surface area contributed by atoms with Gasteiger partial charge in [0.2, 0.25) is 0 Å². The zero-order valence-electron chi connectivity index (χ0n) is 14.2. The van der Waals surface area contributed by atoms with Crippen molar-refractivity contribution in [2.45, 2.75) is 4.90 Å². The van der Waals surface area contributed by atoms with Crippen LogP contribution in [-0.4, -0.2) is 34.4 Å². The number of methoxy groups -OCH3 is 1. The Kier molecular flexibility index (Phi) is 4.96. The largest absolute Gasteiger partial charge is 0.495 e. The van der Waals surface area contributed by atoms with E-state index in [1.54, 1.807) is 0 Å². The highest BCUT2D eigenvalue weighted by Gasteiger charge is 2.30. The van der Waals surface area contributed by atoms with Gasteiger partial charge in [-0.05, 0) is 29.8 Å². The van der Waals surface area contributed by atoms with Gasteiger partial charge in [0.25, 0.3) is 0 Å². The second-order valence-electron chi connectivity index (χ2n) is 5.81. The number of cyclic esters (lactones) is 1. The molecule has 0 saturated carbocycles. The zero-order chi connectivity index (χ0) is 19.9. The topological polar surface area (TPSA) is 69.7 Å². The quantitative estimate of drug-likeness (QED) is 0.716. The molecule has 0 amide bonds. The molecule has 0 saturated heterocycles. The van der Waals surface area contributed by atoms with Gasteiger partial charge in [-0.3, -0.25) is 0 Å². The molecule has 2 aromatic rings. The number of carbonyl (C=O) groups excluding carboxylic acids is 1. The minimum absolute atomic E-state index is 0.0235. The molecule has 27 heavy (non-hydrogen) atoms. The third kappa shape index (κ3) is 3.54. The summed E-state index contributed by atoms with van der Waals surface area (Å²) < 4.78 is 62.0. The second kappa shape index (κ2) is 6.94. The summed E-state index contributed by atoms with van der Waals surface area (Å²) in [5.41, 5.74) is 0.214. The Hall–Kier alpha value is -2.45. The van der Waals surface area contributed by atoms with E-state index in [0.29, 0.717) is 22.4 Å². The first-order valence-electron chi connectivity index (χ1n) is 7.57. The summed E-state index contributed by atoms with van der Waals surface area (Å²) in [4.78, 5) is 11.4. The van der Waals surface area contributed by atoms with Gasteiger partial charge in [-0.15, -0.1) is 0 Å². The molecule has 0 fully saturated rings. The van der Waals surface area contributed by atoms with Crippen LogP contribution in [0.3, 0.4) is 0 Å². The Morgan fingerprint density at radius 3 is 2.48 bits per heavy atom. The van der Waals surface area contributed by atoms with Crippen molar-refractivity contribution in [3.05, 3.63) is 58.1 Å². The molecule has 2 aromatic carbocycles. The van der Waals surface area contributed by atoms with Gasteiger partial charge in [-0.2, -0.15) is 0 Å². The lowest BCUT2D eigenvalue weighted by Crippen LogP contribution is -2.04. The molecule has 0 atom stereocenters. The number of benzene rings is 2. The van der Waals surface area contributed by atoms with E-state index in [1.165, 1.54) is 25.3 Å². The van der Waals surface area contributed by atoms with Crippen LogP contribution in [0.5, 0.6) is 5.75 Å². The smallest absolute Gasteiger partial charge is 0.339 e. The van der Waals surface area contributed by atoms with Gasteiger partial charge in [0.15, 0.2) is 9.84 Å². The van der Waals surface area contributed by atoms with E-state index in [-0.39, 0.29) is 23.3 Å². The number of sulfone groups is 1. The van der Waals surface area contributed by atoms with Gasteiger partial charge in [-0.25, -0.2) is 22.0 Å². The van der Waals surface area contributed by atoms with E-state index in [1.807, 2.05) is 0 Å². The molecule has 5 nitrogen and oxygen atoms in total. The molecule has 0 aromatic heterocycles. The summed E-state index contributed by atoms with van der Waals surface area (Å²) in [7, 11) is -2.55. The molecule has 1 aliphatic rings. The lowest BCUT2D eigenvalue weighted by Gasteiger charge is -2.10. The minimum atomic E-state index is -3.95. The van der Waals surface area contributed by atoms with Crippen LogP contribution in [-0.2, 0) is 19.4 Å². The van der Waals surface area contributed by atoms with E-state index >= 15 is 0 Å². The lowest BCUT2D eigenvalue weighted by molar-refractivity contribution is -0.133. The Morgan fingerprint density at radius 2 is 1.85 bits per heavy atom. The molecule has 1 heterocycles. The van der Waals surface area contributed by atoms with Crippen molar-refractivity contribution in [1.29, 1.82) is 0 Å². The maximum atomic E-state index is 14.6. The van der Waals surface area contributed by atoms with Gasteiger partial charge in [0.1, 0.15) is 28.9 Å². The first-order chi connectivity index (χ1) is 12.6. The summed E-state index contributed by atoms with van der Waals surface area (Å²) >= 11 is 5.98. The Labute approximate surface area is 159 Å². The van der Waals surface area contributed by atoms with Crippen LogP contribution in [0.25, 0.3) is 11.1 Å². The van der Waals surface area contributed by atoms with Crippen LogP contribution >= 0.6 is 11.6 Å². The first-order valence-corrected chi connectivity index (χ1v) is 9.84. The molecule has 142 valence electrons. The standard InChI is InChI=1S/C18H13ClF2O5S/c1-25-15-5-9(3-4-12(15)19)17-11(8-26-18(17)22)10-6-14(21)16(7-13(10)20)27(2,23)24/h3-7H,8H2,1-2H3. The predicted octanol–water partition coefficient (Wildman–Crippen LogP) is 3.50. The SMILES string of the molecule is COc1cc(C2=C(c3cc(F)c(S(C)(=O)=O)cc3F)COC2=O)ccc1Cl. The molecule has 1 aliphatic heterocycles. The number of ether oxygens (including phenoxy) is 2. The Morgan fingerprint density at radius 1 is 1.15 bits per heavy atom. The summed E-state index contributed by atoms with van der Waals surface area (Å²) in [6, 6.07) is 5.83. The summed E-state index contributed by atoms with van der Waals surface area (Å²) in [6.45, 7) is -0.284. The highest BCUT2D eigenvalue weighted by molar-refractivity contribution is 7.90. The van der Waals surface area contributed by atoms with Crippen LogP contribution in [0.2, 0.25) is 5.02 Å². The lowest BCUT2D eigenvalue weighted by atomic mass is 9.96. The maximum absolute atomic E-state index is 14.6. The number of carbonyl (C=O) groups is 1. The van der Waals surface area contributed by atoms with Gasteiger partial charge in [-0.1, -0.05) is 17.7 Å². The predicted molar refractivity (Wildman–Crippen MR) is 95.2 cm³/mol. The van der Waals surface area contributed by atoms with E-state index < -0.39 is 32.3 Å². The van der Waals surface area contributed by atoms with Crippen molar-refractivity contribution in [3.63, 3.8) is 0 Å². The van der Waals surface area contributed by atoms with E-state index in [0.717, 1.165) is 12.3 Å². The zero-order valence-corrected chi connectivity index (χ0v) is 15.7. The molecule has 0 N–H and O–H groups in total. The molecular formula is C18H13ClF2O5S. The van der Waals surface area contributed by atoms with E-state index in [9.17, 15) is 22.0 Å². The van der Waals surface area contributed by atoms with Crippen molar-refractivity contribution < 1.29 is 31.5 Å². The molecule has 3 rings (SSSR count). The fourth-order valence-electron chi connectivity index (χ4n) is 2.77. The van der Waals surface area contributed by atoms with Crippen molar-refractivity contribution in [1.82, 2.24) is 0 Å². The molecule has 0 unspecified atom stereocenters. The average Bonchev–Trinajstić information content (AvgIpc) is 2.97. The van der Waals surface area contributed by atoms with Crippen LogP contribution in [0.15, 0.2) is 35.2 Å². The highest BCUT2D eigenvalue weighted by Crippen LogP contribution is 2.37. The molecular weight excluding hydrogens is 402 g/mol.